The molecule has 0 amide bonds. The normalized spacial score (nSPS) is 9.27. The van der Waals surface area contributed by atoms with E-state index in [9.17, 15) is 4.39 Å². The molecule has 3 nitrogen and oxygen atoms in total. The third-order valence-corrected chi connectivity index (χ3v) is 1.10. The first kappa shape index (κ1) is 7.88. The Balaban J connectivity index is 2.90. The summed E-state index contributed by atoms with van der Waals surface area (Å²) >= 11 is 0. The molecule has 57 valence electrons. The van der Waals surface area contributed by atoms with Crippen LogP contribution in [0.1, 0.15) is 0 Å². The molecule has 1 aromatic carbocycles. The quantitative estimate of drug-likeness (QED) is 0.609. The first-order chi connectivity index (χ1) is 5.24. The Morgan fingerprint density at radius 3 is 2.73 bits per heavy atom. The lowest BCUT2D eigenvalue weighted by Gasteiger charge is -2.02. The second-order valence-electron chi connectivity index (χ2n) is 1.84. The van der Waals surface area contributed by atoms with E-state index < -0.39 is 5.82 Å². The van der Waals surface area contributed by atoms with E-state index in [1.807, 2.05) is 0 Å². The molecule has 0 atom stereocenters. The minimum atomic E-state index is -0.562. The molecule has 2 N–H and O–H groups in total. The Bertz CT molecular complexity index is 254. The summed E-state index contributed by atoms with van der Waals surface area (Å²) in [6.07, 6.45) is 0. The van der Waals surface area contributed by atoms with Crippen molar-refractivity contribution in [1.29, 1.82) is 0 Å². The number of hydrogen-bond acceptors (Lipinski definition) is 3. The van der Waals surface area contributed by atoms with Gasteiger partial charge in [-0.3, -0.25) is 0 Å². The van der Waals surface area contributed by atoms with E-state index in [0.717, 1.165) is 12.1 Å². The Morgan fingerprint density at radius 1 is 1.45 bits per heavy atom. The van der Waals surface area contributed by atoms with Gasteiger partial charge < -0.3 is 14.8 Å². The largest absolute Gasteiger partial charge is 0.569 e. The average Bonchev–Trinajstić information content (AvgIpc) is 1.95. The van der Waals surface area contributed by atoms with E-state index in [-0.39, 0.29) is 11.5 Å². The predicted molar refractivity (Wildman–Crippen MR) is 36.7 cm³/mol. The van der Waals surface area contributed by atoms with Gasteiger partial charge in [-0.15, -0.1) is 0 Å². The van der Waals surface area contributed by atoms with Gasteiger partial charge in [0.15, 0.2) is 5.75 Å². The Morgan fingerprint density at radius 2 is 2.18 bits per heavy atom. The zero-order valence-electron chi connectivity index (χ0n) is 5.49. The lowest BCUT2D eigenvalue weighted by Crippen LogP contribution is -1.99. The van der Waals surface area contributed by atoms with Crippen LogP contribution in [-0.4, -0.2) is 17.8 Å². The third-order valence-electron chi connectivity index (χ3n) is 1.10. The molecule has 0 spiro atoms. The van der Waals surface area contributed by atoms with Gasteiger partial charge in [-0.1, -0.05) is 0 Å². The SMILES string of the molecule is O[B]Oc1ccc(F)cc1O. The summed E-state index contributed by atoms with van der Waals surface area (Å²) < 4.78 is 16.7. The maximum Gasteiger partial charge on any atom is 0.569 e. The van der Waals surface area contributed by atoms with Crippen LogP contribution in [0.15, 0.2) is 18.2 Å². The highest BCUT2D eigenvalue weighted by Crippen LogP contribution is 2.25. The van der Waals surface area contributed by atoms with Crippen molar-refractivity contribution in [3.05, 3.63) is 24.0 Å². The van der Waals surface area contributed by atoms with Crippen LogP contribution in [0.4, 0.5) is 4.39 Å². The van der Waals surface area contributed by atoms with Crippen LogP contribution in [0.5, 0.6) is 11.5 Å². The fraction of sp³-hybridized carbons (Fsp3) is 0. The summed E-state index contributed by atoms with van der Waals surface area (Å²) in [7, 11) is 0.410. The number of phenolic OH excluding ortho intramolecular Hbond substituents is 1. The molecule has 0 bridgehead atoms. The van der Waals surface area contributed by atoms with Crippen LogP contribution in [0.3, 0.4) is 0 Å². The lowest BCUT2D eigenvalue weighted by atomic mass is 10.3. The van der Waals surface area contributed by atoms with Crippen LogP contribution in [-0.2, 0) is 0 Å². The van der Waals surface area contributed by atoms with Crippen molar-refractivity contribution in [3.63, 3.8) is 0 Å². The summed E-state index contributed by atoms with van der Waals surface area (Å²) in [5.74, 6) is -0.906. The molecule has 0 aliphatic heterocycles. The van der Waals surface area contributed by atoms with Crippen LogP contribution in [0, 0.1) is 5.82 Å². The molecule has 1 rings (SSSR count). The highest BCUT2D eigenvalue weighted by Gasteiger charge is 2.02. The molecule has 5 heteroatoms. The van der Waals surface area contributed by atoms with Crippen molar-refractivity contribution in [2.45, 2.75) is 0 Å². The average molecular weight is 155 g/mol. The fourth-order valence-corrected chi connectivity index (χ4v) is 0.647. The molecule has 0 unspecified atom stereocenters. The molecular formula is C6H5BFO3. The maximum absolute atomic E-state index is 12.3. The second kappa shape index (κ2) is 3.25. The van der Waals surface area contributed by atoms with Gasteiger partial charge in [-0.05, 0) is 12.1 Å². The van der Waals surface area contributed by atoms with E-state index >= 15 is 0 Å². The number of benzene rings is 1. The van der Waals surface area contributed by atoms with Gasteiger partial charge in [0.1, 0.15) is 11.6 Å². The van der Waals surface area contributed by atoms with Crippen molar-refractivity contribution < 1.29 is 19.2 Å². The minimum absolute atomic E-state index is 0.00824. The molecule has 11 heavy (non-hydrogen) atoms. The Hall–Kier alpha value is -1.23. The lowest BCUT2D eigenvalue weighted by molar-refractivity contribution is 0.407. The number of hydrogen-bond donors (Lipinski definition) is 2. The molecule has 0 aliphatic rings. The van der Waals surface area contributed by atoms with Crippen molar-refractivity contribution in [1.82, 2.24) is 0 Å². The van der Waals surface area contributed by atoms with Gasteiger partial charge in [0.2, 0.25) is 0 Å². The summed E-state index contributed by atoms with van der Waals surface area (Å²) in [4.78, 5) is 0. The number of phenols is 1. The number of rotatable bonds is 2. The number of halogens is 1. The topological polar surface area (TPSA) is 49.7 Å². The van der Waals surface area contributed by atoms with E-state index in [1.54, 1.807) is 0 Å². The van der Waals surface area contributed by atoms with Crippen molar-refractivity contribution in [3.8, 4) is 11.5 Å². The van der Waals surface area contributed by atoms with Gasteiger partial charge >= 0.3 is 7.69 Å². The highest BCUT2D eigenvalue weighted by molar-refractivity contribution is 6.17. The monoisotopic (exact) mass is 155 g/mol. The summed E-state index contributed by atoms with van der Waals surface area (Å²) in [6.45, 7) is 0. The second-order valence-corrected chi connectivity index (χ2v) is 1.84. The zero-order chi connectivity index (χ0) is 8.27. The van der Waals surface area contributed by atoms with Crippen molar-refractivity contribution >= 4 is 7.69 Å². The first-order valence-corrected chi connectivity index (χ1v) is 2.85. The van der Waals surface area contributed by atoms with Gasteiger partial charge in [-0.25, -0.2) is 4.39 Å². The zero-order valence-corrected chi connectivity index (χ0v) is 5.49. The Kier molecular flexibility index (Phi) is 2.33. The molecule has 0 aliphatic carbocycles. The van der Waals surface area contributed by atoms with Crippen molar-refractivity contribution in [2.75, 3.05) is 0 Å². The van der Waals surface area contributed by atoms with Crippen LogP contribution < -0.4 is 4.65 Å². The minimum Gasteiger partial charge on any atom is -0.535 e. The third kappa shape index (κ3) is 1.85. The van der Waals surface area contributed by atoms with Crippen molar-refractivity contribution in [2.24, 2.45) is 0 Å². The standard InChI is InChI=1S/C6H5BFO3/c8-4-1-2-6(11-7-10)5(9)3-4/h1-3,9-10H. The molecular weight excluding hydrogens is 150 g/mol. The Labute approximate surface area is 63.4 Å². The number of aromatic hydroxyl groups is 1. The first-order valence-electron chi connectivity index (χ1n) is 2.85. The van der Waals surface area contributed by atoms with Crippen LogP contribution in [0.2, 0.25) is 0 Å². The molecule has 0 saturated carbocycles. The van der Waals surface area contributed by atoms with Crippen LogP contribution in [0.25, 0.3) is 0 Å². The molecule has 0 fully saturated rings. The summed E-state index contributed by atoms with van der Waals surface area (Å²) in [5, 5.41) is 17.1. The molecule has 1 radical (unpaired) electrons. The van der Waals surface area contributed by atoms with Gasteiger partial charge in [-0.2, -0.15) is 0 Å². The smallest absolute Gasteiger partial charge is 0.535 e. The predicted octanol–water partition coefficient (Wildman–Crippen LogP) is 0.437. The summed E-state index contributed by atoms with van der Waals surface area (Å²) in [5.41, 5.74) is 0. The van der Waals surface area contributed by atoms with Crippen LogP contribution >= 0.6 is 0 Å². The van der Waals surface area contributed by atoms with E-state index in [2.05, 4.69) is 4.65 Å². The maximum atomic E-state index is 12.3. The molecule has 0 saturated heterocycles. The molecule has 0 heterocycles. The summed E-state index contributed by atoms with van der Waals surface area (Å²) in [6, 6.07) is 3.20. The fourth-order valence-electron chi connectivity index (χ4n) is 0.647. The van der Waals surface area contributed by atoms with E-state index in [1.165, 1.54) is 6.07 Å². The van der Waals surface area contributed by atoms with Gasteiger partial charge in [0, 0.05) is 6.07 Å². The molecule has 0 aromatic heterocycles. The highest BCUT2D eigenvalue weighted by atomic mass is 19.1. The van der Waals surface area contributed by atoms with Gasteiger partial charge in [0.05, 0.1) is 0 Å². The van der Waals surface area contributed by atoms with Gasteiger partial charge in [0.25, 0.3) is 0 Å². The van der Waals surface area contributed by atoms with E-state index in [4.69, 9.17) is 10.1 Å². The molecule has 1 aromatic rings. The van der Waals surface area contributed by atoms with E-state index in [0.29, 0.717) is 7.69 Å².